The van der Waals surface area contributed by atoms with Crippen LogP contribution in [0.3, 0.4) is 0 Å². The summed E-state index contributed by atoms with van der Waals surface area (Å²) in [6, 6.07) is 9.87. The Bertz CT molecular complexity index is 1120. The Kier molecular flexibility index (Phi) is 5.36. The normalized spacial score (nSPS) is 11.0. The van der Waals surface area contributed by atoms with E-state index >= 15 is 0 Å². The monoisotopic (exact) mass is 433 g/mol. The number of nitrogens with zero attached hydrogens (tertiary/aromatic N) is 2. The van der Waals surface area contributed by atoms with Crippen LogP contribution in [-0.2, 0) is 0 Å². The molecule has 1 amide bonds. The Morgan fingerprint density at radius 1 is 1.24 bits per heavy atom. The summed E-state index contributed by atoms with van der Waals surface area (Å²) in [5.41, 5.74) is 1.55. The number of aryl methyl sites for hydroxylation is 1. The molecule has 0 saturated carbocycles. The summed E-state index contributed by atoms with van der Waals surface area (Å²) >= 11 is 2.75. The molecule has 0 unspecified atom stereocenters. The number of amides is 1. The smallest absolute Gasteiger partial charge is 0.387 e. The van der Waals surface area contributed by atoms with Gasteiger partial charge in [0.2, 0.25) is 0 Å². The Morgan fingerprint density at radius 3 is 2.72 bits per heavy atom. The number of aromatic nitrogens is 2. The number of hydrogen-bond donors (Lipinski definition) is 1. The highest BCUT2D eigenvalue weighted by Crippen LogP contribution is 2.33. The number of thiophene rings is 1. The third-order valence-electron chi connectivity index (χ3n) is 3.90. The van der Waals surface area contributed by atoms with Crippen LogP contribution in [0, 0.1) is 6.92 Å². The second-order valence-corrected chi connectivity index (χ2v) is 7.94. The van der Waals surface area contributed by atoms with Crippen molar-refractivity contribution in [2.75, 3.05) is 5.32 Å². The summed E-state index contributed by atoms with van der Waals surface area (Å²) in [4.78, 5) is 22.8. The lowest BCUT2D eigenvalue weighted by Gasteiger charge is -2.05. The van der Waals surface area contributed by atoms with Crippen LogP contribution in [0.5, 0.6) is 5.75 Å². The SMILES string of the molecule is Cc1sc(NC(=O)c2ncoc2-c2cccs2)nc1-c1ccc(OC(F)F)cc1. The summed E-state index contributed by atoms with van der Waals surface area (Å²) in [5, 5.41) is 5.02. The molecule has 3 aromatic heterocycles. The standard InChI is InChI=1S/C19H13F2N3O3S2/c1-10-14(11-4-6-12(7-5-11)27-18(20)21)23-19(29-10)24-17(25)15-16(26-9-22-15)13-3-2-8-28-13/h2-9,18H,1H3,(H,23,24,25). The number of carbonyl (C=O) groups is 1. The van der Waals surface area contributed by atoms with Gasteiger partial charge in [0.25, 0.3) is 5.91 Å². The molecule has 0 aliphatic carbocycles. The van der Waals surface area contributed by atoms with E-state index in [-0.39, 0.29) is 11.4 Å². The largest absolute Gasteiger partial charge is 0.442 e. The Hall–Kier alpha value is -3.11. The Labute approximate surface area is 171 Å². The van der Waals surface area contributed by atoms with Crippen molar-refractivity contribution in [1.82, 2.24) is 9.97 Å². The van der Waals surface area contributed by atoms with Crippen molar-refractivity contribution >= 4 is 33.7 Å². The first-order chi connectivity index (χ1) is 14.0. The Balaban J connectivity index is 1.53. The highest BCUT2D eigenvalue weighted by atomic mass is 32.1. The van der Waals surface area contributed by atoms with Gasteiger partial charge in [-0.3, -0.25) is 10.1 Å². The highest BCUT2D eigenvalue weighted by Gasteiger charge is 2.21. The van der Waals surface area contributed by atoms with Crippen molar-refractivity contribution in [3.05, 3.63) is 58.7 Å². The lowest BCUT2D eigenvalue weighted by Crippen LogP contribution is -2.13. The second kappa shape index (κ2) is 8.10. The molecular formula is C19H13F2N3O3S2. The van der Waals surface area contributed by atoms with Gasteiger partial charge in [-0.15, -0.1) is 22.7 Å². The van der Waals surface area contributed by atoms with E-state index in [1.807, 2.05) is 24.4 Å². The van der Waals surface area contributed by atoms with E-state index in [2.05, 4.69) is 20.0 Å². The minimum Gasteiger partial charge on any atom is -0.442 e. The quantitative estimate of drug-likeness (QED) is 0.423. The predicted molar refractivity (Wildman–Crippen MR) is 107 cm³/mol. The van der Waals surface area contributed by atoms with Crippen molar-refractivity contribution in [2.45, 2.75) is 13.5 Å². The van der Waals surface area contributed by atoms with Gasteiger partial charge in [0.15, 0.2) is 23.0 Å². The van der Waals surface area contributed by atoms with Crippen LogP contribution >= 0.6 is 22.7 Å². The van der Waals surface area contributed by atoms with Gasteiger partial charge < -0.3 is 9.15 Å². The zero-order chi connectivity index (χ0) is 20.4. The molecule has 0 fully saturated rings. The molecule has 0 radical (unpaired) electrons. The minimum absolute atomic E-state index is 0.0669. The van der Waals surface area contributed by atoms with E-state index in [1.165, 1.54) is 41.2 Å². The molecule has 148 valence electrons. The molecule has 1 aromatic carbocycles. The van der Waals surface area contributed by atoms with Gasteiger partial charge in [-0.05, 0) is 42.6 Å². The lowest BCUT2D eigenvalue weighted by molar-refractivity contribution is -0.0498. The van der Waals surface area contributed by atoms with Crippen molar-refractivity contribution in [2.24, 2.45) is 0 Å². The average molecular weight is 433 g/mol. The fourth-order valence-electron chi connectivity index (χ4n) is 2.66. The average Bonchev–Trinajstić information content (AvgIpc) is 3.42. The van der Waals surface area contributed by atoms with Crippen molar-refractivity contribution < 1.29 is 22.7 Å². The third-order valence-corrected chi connectivity index (χ3v) is 5.65. The van der Waals surface area contributed by atoms with Gasteiger partial charge in [-0.1, -0.05) is 6.07 Å². The van der Waals surface area contributed by atoms with Gasteiger partial charge in [-0.25, -0.2) is 9.97 Å². The van der Waals surface area contributed by atoms with Crippen LogP contribution in [0.4, 0.5) is 13.9 Å². The second-order valence-electron chi connectivity index (χ2n) is 5.79. The number of ether oxygens (including phenoxy) is 1. The number of nitrogens with one attached hydrogen (secondary N) is 1. The maximum Gasteiger partial charge on any atom is 0.387 e. The van der Waals surface area contributed by atoms with Gasteiger partial charge >= 0.3 is 6.61 Å². The first kappa shape index (κ1) is 19.2. The molecule has 4 aromatic rings. The molecular weight excluding hydrogens is 420 g/mol. The fraction of sp³-hybridized carbons (Fsp3) is 0.105. The van der Waals surface area contributed by atoms with E-state index in [0.717, 1.165) is 15.3 Å². The molecule has 0 bridgehead atoms. The molecule has 3 heterocycles. The minimum atomic E-state index is -2.88. The number of hydrogen-bond acceptors (Lipinski definition) is 7. The van der Waals surface area contributed by atoms with Gasteiger partial charge in [0, 0.05) is 10.4 Å². The van der Waals surface area contributed by atoms with Crippen LogP contribution in [0.2, 0.25) is 0 Å². The summed E-state index contributed by atoms with van der Waals surface area (Å²) in [7, 11) is 0. The summed E-state index contributed by atoms with van der Waals surface area (Å²) < 4.78 is 34.3. The van der Waals surface area contributed by atoms with Gasteiger partial charge in [-0.2, -0.15) is 8.78 Å². The maximum absolute atomic E-state index is 12.6. The van der Waals surface area contributed by atoms with Gasteiger partial charge in [0.05, 0.1) is 10.6 Å². The number of rotatable bonds is 6. The zero-order valence-corrected chi connectivity index (χ0v) is 16.5. The first-order valence-electron chi connectivity index (χ1n) is 8.32. The maximum atomic E-state index is 12.6. The predicted octanol–water partition coefficient (Wildman–Crippen LogP) is 5.69. The molecule has 10 heteroatoms. The van der Waals surface area contributed by atoms with Crippen LogP contribution in [-0.4, -0.2) is 22.5 Å². The number of anilines is 1. The van der Waals surface area contributed by atoms with E-state index in [4.69, 9.17) is 4.42 Å². The molecule has 1 N–H and O–H groups in total. The number of carbonyl (C=O) groups excluding carboxylic acids is 1. The summed E-state index contributed by atoms with van der Waals surface area (Å²) in [5.74, 6) is 0.0426. The molecule has 0 atom stereocenters. The van der Waals surface area contributed by atoms with Crippen LogP contribution in [0.25, 0.3) is 21.9 Å². The van der Waals surface area contributed by atoms with Crippen molar-refractivity contribution in [1.29, 1.82) is 0 Å². The van der Waals surface area contributed by atoms with Crippen LogP contribution in [0.1, 0.15) is 15.4 Å². The van der Waals surface area contributed by atoms with E-state index in [0.29, 0.717) is 16.6 Å². The van der Waals surface area contributed by atoms with E-state index < -0.39 is 12.5 Å². The van der Waals surface area contributed by atoms with E-state index in [1.54, 1.807) is 12.1 Å². The third kappa shape index (κ3) is 4.17. The number of thiazole rings is 1. The Morgan fingerprint density at radius 2 is 2.03 bits per heavy atom. The molecule has 6 nitrogen and oxygen atoms in total. The highest BCUT2D eigenvalue weighted by molar-refractivity contribution is 7.16. The van der Waals surface area contributed by atoms with Gasteiger partial charge in [0.1, 0.15) is 5.75 Å². The summed E-state index contributed by atoms with van der Waals surface area (Å²) in [6.45, 7) is -1.02. The number of benzene rings is 1. The fourth-order valence-corrected chi connectivity index (χ4v) is 4.20. The van der Waals surface area contributed by atoms with Crippen molar-refractivity contribution in [3.63, 3.8) is 0 Å². The number of oxazole rings is 1. The van der Waals surface area contributed by atoms with Crippen molar-refractivity contribution in [3.8, 4) is 27.6 Å². The summed E-state index contributed by atoms with van der Waals surface area (Å²) in [6.07, 6.45) is 1.23. The number of alkyl halides is 2. The molecule has 0 saturated heterocycles. The lowest BCUT2D eigenvalue weighted by atomic mass is 10.1. The molecule has 0 aliphatic heterocycles. The van der Waals surface area contributed by atoms with E-state index in [9.17, 15) is 13.6 Å². The van der Waals surface area contributed by atoms with Crippen LogP contribution in [0.15, 0.2) is 52.6 Å². The topological polar surface area (TPSA) is 77.3 Å². The zero-order valence-electron chi connectivity index (χ0n) is 14.9. The first-order valence-corrected chi connectivity index (χ1v) is 10.0. The molecule has 4 rings (SSSR count). The molecule has 0 spiro atoms. The van der Waals surface area contributed by atoms with Crippen LogP contribution < -0.4 is 10.1 Å². The number of halogens is 2. The molecule has 0 aliphatic rings. The molecule has 29 heavy (non-hydrogen) atoms.